The molecule has 2 saturated carbocycles. The van der Waals surface area contributed by atoms with Gasteiger partial charge in [-0.1, -0.05) is 81.5 Å². The van der Waals surface area contributed by atoms with Crippen LogP contribution in [0.15, 0.2) is 43.0 Å². The van der Waals surface area contributed by atoms with Crippen LogP contribution in [0, 0.1) is 0 Å². The van der Waals surface area contributed by atoms with E-state index in [1.165, 1.54) is 70.3 Å². The fraction of sp³-hybridized carbons (Fsp3) is 0.607. The number of benzene rings is 1. The first kappa shape index (κ1) is 30.2. The molecule has 0 aromatic heterocycles. The quantitative estimate of drug-likeness (QED) is 0.307. The van der Waals surface area contributed by atoms with Gasteiger partial charge >= 0.3 is 18.2 Å². The second-order valence-electron chi connectivity index (χ2n) is 9.54. The Morgan fingerprint density at radius 2 is 1.51 bits per heavy atom. The highest BCUT2D eigenvalue weighted by molar-refractivity contribution is 5.80. The summed E-state index contributed by atoms with van der Waals surface area (Å²) >= 11 is 0. The van der Waals surface area contributed by atoms with Crippen molar-refractivity contribution in [1.29, 1.82) is 0 Å². The standard InChI is InChI=1S/C16H20N2O6.C12H23N/c1-2-10-23-15(21)17-9-8-13(14(19)20)18-16(22)24-11-12-6-4-3-5-7-12;1-3-7-11(8-4-1)13-12-9-5-2-6-10-12/h2-7,13H,1,8-11H2,(H,17,21)(H,18,22)(H,19,20);11-13H,1-10H2/t13-;/m1./s1. The Bertz CT molecular complexity index is 791. The van der Waals surface area contributed by atoms with Gasteiger partial charge < -0.3 is 30.5 Å². The minimum absolute atomic E-state index is 0.0149. The van der Waals surface area contributed by atoms with E-state index in [1.807, 2.05) is 6.07 Å². The number of ether oxygens (including phenoxy) is 2. The molecule has 0 radical (unpaired) electrons. The normalized spacial score (nSPS) is 16.9. The van der Waals surface area contributed by atoms with Crippen LogP contribution in [0.2, 0.25) is 0 Å². The van der Waals surface area contributed by atoms with Crippen LogP contribution < -0.4 is 16.0 Å². The average molecular weight is 518 g/mol. The van der Waals surface area contributed by atoms with Gasteiger partial charge in [0.1, 0.15) is 19.3 Å². The summed E-state index contributed by atoms with van der Waals surface area (Å²) in [7, 11) is 0. The predicted octanol–water partition coefficient (Wildman–Crippen LogP) is 4.91. The summed E-state index contributed by atoms with van der Waals surface area (Å²) in [4.78, 5) is 34.0. The van der Waals surface area contributed by atoms with Gasteiger partial charge in [-0.15, -0.1) is 0 Å². The largest absolute Gasteiger partial charge is 0.480 e. The third-order valence-electron chi connectivity index (χ3n) is 6.52. The molecule has 0 spiro atoms. The van der Waals surface area contributed by atoms with Crippen molar-refractivity contribution in [2.75, 3.05) is 13.2 Å². The van der Waals surface area contributed by atoms with E-state index >= 15 is 0 Å². The van der Waals surface area contributed by atoms with Crippen LogP contribution in [-0.2, 0) is 20.9 Å². The highest BCUT2D eigenvalue weighted by atomic mass is 16.6. The maximum Gasteiger partial charge on any atom is 0.408 e. The van der Waals surface area contributed by atoms with Crippen LogP contribution in [0.4, 0.5) is 9.59 Å². The number of carboxylic acids is 1. The lowest BCUT2D eigenvalue weighted by Crippen LogP contribution is -2.43. The van der Waals surface area contributed by atoms with Crippen molar-refractivity contribution in [3.63, 3.8) is 0 Å². The lowest BCUT2D eigenvalue weighted by Gasteiger charge is -2.30. The molecule has 37 heavy (non-hydrogen) atoms. The molecule has 1 aromatic carbocycles. The number of alkyl carbamates (subject to hydrolysis) is 2. The Labute approximate surface area is 220 Å². The van der Waals surface area contributed by atoms with E-state index in [-0.39, 0.29) is 26.2 Å². The van der Waals surface area contributed by atoms with E-state index in [2.05, 4.69) is 27.3 Å². The zero-order valence-corrected chi connectivity index (χ0v) is 21.8. The van der Waals surface area contributed by atoms with Crippen molar-refractivity contribution in [2.45, 2.75) is 95.4 Å². The summed E-state index contributed by atoms with van der Waals surface area (Å²) < 4.78 is 9.63. The average Bonchev–Trinajstić information content (AvgIpc) is 2.92. The number of aliphatic carboxylic acids is 1. The maximum absolute atomic E-state index is 11.6. The molecule has 0 aliphatic heterocycles. The molecule has 206 valence electrons. The molecule has 2 aliphatic rings. The molecule has 9 nitrogen and oxygen atoms in total. The fourth-order valence-corrected chi connectivity index (χ4v) is 4.54. The van der Waals surface area contributed by atoms with Crippen LogP contribution >= 0.6 is 0 Å². The molecule has 1 atom stereocenters. The van der Waals surface area contributed by atoms with Gasteiger partial charge in [-0.25, -0.2) is 14.4 Å². The Hall–Kier alpha value is -3.07. The Morgan fingerprint density at radius 3 is 2.05 bits per heavy atom. The summed E-state index contributed by atoms with van der Waals surface area (Å²) in [5.74, 6) is -1.23. The fourth-order valence-electron chi connectivity index (χ4n) is 4.54. The Morgan fingerprint density at radius 1 is 0.919 bits per heavy atom. The number of amides is 2. The number of carboxylic acid groups (broad SMARTS) is 1. The van der Waals surface area contributed by atoms with Gasteiger partial charge in [-0.2, -0.15) is 0 Å². The van der Waals surface area contributed by atoms with Crippen molar-refractivity contribution < 1.29 is 29.0 Å². The van der Waals surface area contributed by atoms with Gasteiger partial charge in [-0.3, -0.25) is 0 Å². The molecule has 0 bridgehead atoms. The van der Waals surface area contributed by atoms with Gasteiger partial charge in [0, 0.05) is 18.6 Å². The first-order valence-corrected chi connectivity index (χ1v) is 13.5. The molecule has 2 amide bonds. The molecule has 2 aliphatic carbocycles. The van der Waals surface area contributed by atoms with Crippen LogP contribution in [0.5, 0.6) is 0 Å². The van der Waals surface area contributed by atoms with Crippen LogP contribution in [0.3, 0.4) is 0 Å². The van der Waals surface area contributed by atoms with Crippen molar-refractivity contribution in [1.82, 2.24) is 16.0 Å². The molecular formula is C28H43N3O6. The lowest BCUT2D eigenvalue weighted by molar-refractivity contribution is -0.139. The molecule has 3 rings (SSSR count). The minimum Gasteiger partial charge on any atom is -0.480 e. The number of carbonyl (C=O) groups excluding carboxylic acids is 2. The number of nitrogens with one attached hydrogen (secondary N) is 3. The smallest absolute Gasteiger partial charge is 0.408 e. The molecule has 0 heterocycles. The van der Waals surface area contributed by atoms with Gasteiger partial charge in [0.15, 0.2) is 0 Å². The van der Waals surface area contributed by atoms with E-state index in [9.17, 15) is 14.4 Å². The van der Waals surface area contributed by atoms with Crippen molar-refractivity contribution in [2.24, 2.45) is 0 Å². The van der Waals surface area contributed by atoms with Gasteiger partial charge in [-0.05, 0) is 37.7 Å². The molecule has 9 heteroatoms. The van der Waals surface area contributed by atoms with Crippen molar-refractivity contribution in [3.8, 4) is 0 Å². The van der Waals surface area contributed by atoms with E-state index in [1.54, 1.807) is 24.3 Å². The lowest BCUT2D eigenvalue weighted by atomic mass is 9.91. The van der Waals surface area contributed by atoms with Crippen molar-refractivity contribution >= 4 is 18.2 Å². The van der Waals surface area contributed by atoms with E-state index in [4.69, 9.17) is 9.84 Å². The molecule has 2 fully saturated rings. The first-order chi connectivity index (χ1) is 18.0. The zero-order valence-electron chi connectivity index (χ0n) is 21.8. The second kappa shape index (κ2) is 18.2. The van der Waals surface area contributed by atoms with Crippen LogP contribution in [0.1, 0.15) is 76.2 Å². The molecule has 4 N–H and O–H groups in total. The van der Waals surface area contributed by atoms with E-state index < -0.39 is 24.2 Å². The maximum atomic E-state index is 11.6. The van der Waals surface area contributed by atoms with E-state index in [0.29, 0.717) is 0 Å². The second-order valence-corrected chi connectivity index (χ2v) is 9.54. The molecule has 0 unspecified atom stereocenters. The summed E-state index contributed by atoms with van der Waals surface area (Å²) in [6.45, 7) is 3.50. The highest BCUT2D eigenvalue weighted by Crippen LogP contribution is 2.22. The molecular weight excluding hydrogens is 474 g/mol. The van der Waals surface area contributed by atoms with Gasteiger partial charge in [0.25, 0.3) is 0 Å². The summed E-state index contributed by atoms with van der Waals surface area (Å²) in [6.07, 6.45) is 14.4. The summed E-state index contributed by atoms with van der Waals surface area (Å²) in [5, 5.41) is 17.5. The summed E-state index contributed by atoms with van der Waals surface area (Å²) in [5.41, 5.74) is 0.783. The monoisotopic (exact) mass is 517 g/mol. The third kappa shape index (κ3) is 13.7. The molecule has 0 saturated heterocycles. The number of hydrogen-bond acceptors (Lipinski definition) is 6. The number of hydrogen-bond donors (Lipinski definition) is 4. The summed E-state index contributed by atoms with van der Waals surface area (Å²) in [6, 6.07) is 9.54. The van der Waals surface area contributed by atoms with Gasteiger partial charge in [0.05, 0.1) is 0 Å². The number of rotatable bonds is 11. The van der Waals surface area contributed by atoms with Gasteiger partial charge in [0.2, 0.25) is 0 Å². The third-order valence-corrected chi connectivity index (χ3v) is 6.52. The zero-order chi connectivity index (χ0) is 26.7. The number of carbonyl (C=O) groups is 3. The highest BCUT2D eigenvalue weighted by Gasteiger charge is 2.21. The van der Waals surface area contributed by atoms with E-state index in [0.717, 1.165) is 17.6 Å². The topological polar surface area (TPSA) is 126 Å². The SMILES string of the molecule is C1CCC(NC2CCCCC2)CC1.C=CCOC(=O)NCC[C@@H](NC(=O)OCc1ccccc1)C(=O)O. The predicted molar refractivity (Wildman–Crippen MR) is 142 cm³/mol. The first-order valence-electron chi connectivity index (χ1n) is 13.5. The van der Waals surface area contributed by atoms with Crippen LogP contribution in [0.25, 0.3) is 0 Å². The Balaban J connectivity index is 0.000000308. The Kier molecular flexibility index (Phi) is 14.8. The minimum atomic E-state index is -1.23. The van der Waals surface area contributed by atoms with Crippen LogP contribution in [-0.4, -0.2) is 54.5 Å². The molecule has 1 aromatic rings. The van der Waals surface area contributed by atoms with Crippen molar-refractivity contribution in [3.05, 3.63) is 48.6 Å².